The summed E-state index contributed by atoms with van der Waals surface area (Å²) < 4.78 is 0. The van der Waals surface area contributed by atoms with Crippen LogP contribution in [-0.4, -0.2) is 31.1 Å². The van der Waals surface area contributed by atoms with Crippen molar-refractivity contribution in [1.82, 2.24) is 4.90 Å². The van der Waals surface area contributed by atoms with Gasteiger partial charge in [-0.1, -0.05) is 30.3 Å². The molecule has 0 aromatic heterocycles. The number of urea groups is 1. The minimum Gasteiger partial charge on any atom is -0.375 e. The number of hydrogen-bond acceptors (Lipinski definition) is 2. The molecule has 3 rings (SSSR count). The van der Waals surface area contributed by atoms with Gasteiger partial charge in [-0.15, -0.1) is 0 Å². The van der Waals surface area contributed by atoms with Crippen LogP contribution >= 0.6 is 0 Å². The van der Waals surface area contributed by atoms with Crippen LogP contribution in [0.15, 0.2) is 48.5 Å². The molecular weight excluding hydrogens is 310 g/mol. The molecule has 0 saturated carbocycles. The lowest BCUT2D eigenvalue weighted by atomic mass is 9.99. The first kappa shape index (κ1) is 17.3. The molecule has 4 nitrogen and oxygen atoms in total. The van der Waals surface area contributed by atoms with Crippen molar-refractivity contribution in [2.75, 3.05) is 30.4 Å². The maximum Gasteiger partial charge on any atom is 0.322 e. The Morgan fingerprint density at radius 1 is 1.24 bits per heavy atom. The van der Waals surface area contributed by atoms with Gasteiger partial charge in [-0.05, 0) is 56.0 Å². The second kappa shape index (κ2) is 7.60. The maximum atomic E-state index is 12.9. The lowest BCUT2D eigenvalue weighted by molar-refractivity contribution is 0.207. The first-order chi connectivity index (χ1) is 12.1. The average Bonchev–Trinajstić information content (AvgIpc) is 3.11. The van der Waals surface area contributed by atoms with Crippen LogP contribution in [0.3, 0.4) is 0 Å². The molecule has 2 aromatic rings. The van der Waals surface area contributed by atoms with Gasteiger partial charge in [-0.25, -0.2) is 4.79 Å². The fourth-order valence-corrected chi connectivity index (χ4v) is 3.49. The molecule has 1 N–H and O–H groups in total. The van der Waals surface area contributed by atoms with Crippen LogP contribution in [0, 0.1) is 6.92 Å². The average molecular weight is 337 g/mol. The monoisotopic (exact) mass is 337 g/mol. The molecule has 0 aliphatic carbocycles. The summed E-state index contributed by atoms with van der Waals surface area (Å²) in [5, 5.41) is 3.08. The third-order valence-electron chi connectivity index (χ3n) is 5.07. The predicted octanol–water partition coefficient (Wildman–Crippen LogP) is 4.82. The fourth-order valence-electron chi connectivity index (χ4n) is 3.49. The zero-order valence-electron chi connectivity index (χ0n) is 15.3. The second-order valence-electron chi connectivity index (χ2n) is 6.70. The van der Waals surface area contributed by atoms with Gasteiger partial charge in [0.2, 0.25) is 0 Å². The van der Waals surface area contributed by atoms with Gasteiger partial charge >= 0.3 is 6.03 Å². The number of carbonyl (C=O) groups is 1. The van der Waals surface area contributed by atoms with Crippen molar-refractivity contribution < 1.29 is 4.79 Å². The molecule has 132 valence electrons. The number of aryl methyl sites for hydroxylation is 1. The number of anilines is 2. The Morgan fingerprint density at radius 3 is 2.80 bits per heavy atom. The van der Waals surface area contributed by atoms with Crippen molar-refractivity contribution in [3.05, 3.63) is 59.7 Å². The molecule has 25 heavy (non-hydrogen) atoms. The van der Waals surface area contributed by atoms with Crippen LogP contribution in [0.2, 0.25) is 0 Å². The van der Waals surface area contributed by atoms with Gasteiger partial charge in [-0.2, -0.15) is 0 Å². The van der Waals surface area contributed by atoms with Crippen LogP contribution in [0.1, 0.15) is 36.9 Å². The molecule has 2 amide bonds. The molecule has 1 heterocycles. The van der Waals surface area contributed by atoms with Crippen molar-refractivity contribution in [3.63, 3.8) is 0 Å². The Bertz CT molecular complexity index is 743. The highest BCUT2D eigenvalue weighted by Gasteiger charge is 2.30. The second-order valence-corrected chi connectivity index (χ2v) is 6.70. The number of amides is 2. The zero-order chi connectivity index (χ0) is 17.8. The number of hydrogen-bond donors (Lipinski definition) is 1. The minimum absolute atomic E-state index is 0.0120. The lowest BCUT2D eigenvalue weighted by Crippen LogP contribution is -2.34. The van der Waals surface area contributed by atoms with Gasteiger partial charge in [0.25, 0.3) is 0 Å². The summed E-state index contributed by atoms with van der Waals surface area (Å²) in [7, 11) is 2.05. The molecule has 1 aliphatic rings. The van der Waals surface area contributed by atoms with Gasteiger partial charge in [0.1, 0.15) is 0 Å². The molecule has 1 unspecified atom stereocenters. The number of rotatable bonds is 4. The number of nitrogens with zero attached hydrogens (tertiary/aromatic N) is 2. The van der Waals surface area contributed by atoms with E-state index in [1.165, 1.54) is 11.1 Å². The van der Waals surface area contributed by atoms with E-state index in [0.717, 1.165) is 37.3 Å². The molecule has 1 fully saturated rings. The number of carbonyl (C=O) groups excluding carboxylic acids is 1. The number of benzene rings is 2. The molecule has 4 heteroatoms. The van der Waals surface area contributed by atoms with Crippen LogP contribution in [0.25, 0.3) is 0 Å². The Balaban J connectivity index is 1.76. The first-order valence-corrected chi connectivity index (χ1v) is 9.04. The van der Waals surface area contributed by atoms with E-state index in [2.05, 4.69) is 55.4 Å². The summed E-state index contributed by atoms with van der Waals surface area (Å²) in [6.45, 7) is 5.97. The zero-order valence-corrected chi connectivity index (χ0v) is 15.3. The van der Waals surface area contributed by atoms with E-state index < -0.39 is 0 Å². The lowest BCUT2D eigenvalue weighted by Gasteiger charge is -2.27. The Morgan fingerprint density at radius 2 is 2.04 bits per heavy atom. The van der Waals surface area contributed by atoms with Gasteiger partial charge in [0, 0.05) is 31.5 Å². The molecule has 2 aromatic carbocycles. The van der Waals surface area contributed by atoms with Crippen LogP contribution in [0.4, 0.5) is 16.2 Å². The van der Waals surface area contributed by atoms with Gasteiger partial charge in [-0.3, -0.25) is 0 Å². The van der Waals surface area contributed by atoms with E-state index in [-0.39, 0.29) is 12.1 Å². The number of likely N-dealkylation sites (tertiary alicyclic amines) is 1. The molecular formula is C21H27N3O. The molecule has 0 spiro atoms. The molecule has 1 saturated heterocycles. The van der Waals surface area contributed by atoms with Crippen molar-refractivity contribution in [2.45, 2.75) is 32.7 Å². The third kappa shape index (κ3) is 3.78. The smallest absolute Gasteiger partial charge is 0.322 e. The van der Waals surface area contributed by atoms with E-state index in [1.54, 1.807) is 0 Å². The van der Waals surface area contributed by atoms with E-state index in [0.29, 0.717) is 0 Å². The standard InChI is InChI=1S/C21H27N3O/c1-4-23(3)18-11-7-10-17(15-18)22-21(25)24-14-8-13-20(24)19-12-6-5-9-16(19)2/h5-7,9-12,15,20H,4,8,13-14H2,1-3H3,(H,22,25). The normalized spacial score (nSPS) is 16.8. The SMILES string of the molecule is CCN(C)c1cccc(NC(=O)N2CCCC2c2ccccc2C)c1. The quantitative estimate of drug-likeness (QED) is 0.868. The van der Waals surface area contributed by atoms with Crippen molar-refractivity contribution in [2.24, 2.45) is 0 Å². The van der Waals surface area contributed by atoms with Gasteiger partial charge in [0.05, 0.1) is 6.04 Å². The Kier molecular flexibility index (Phi) is 5.27. The Hall–Kier alpha value is -2.49. The highest BCUT2D eigenvalue weighted by Crippen LogP contribution is 2.34. The van der Waals surface area contributed by atoms with Crippen molar-refractivity contribution >= 4 is 17.4 Å². The van der Waals surface area contributed by atoms with Crippen LogP contribution < -0.4 is 10.2 Å². The van der Waals surface area contributed by atoms with Gasteiger partial charge < -0.3 is 15.1 Å². The third-order valence-corrected chi connectivity index (χ3v) is 5.07. The maximum absolute atomic E-state index is 12.9. The fraction of sp³-hybridized carbons (Fsp3) is 0.381. The molecule has 1 aliphatic heterocycles. The summed E-state index contributed by atoms with van der Waals surface area (Å²) in [6.07, 6.45) is 2.07. The van der Waals surface area contributed by atoms with Crippen molar-refractivity contribution in [1.29, 1.82) is 0 Å². The molecule has 1 atom stereocenters. The highest BCUT2D eigenvalue weighted by atomic mass is 16.2. The predicted molar refractivity (Wildman–Crippen MR) is 104 cm³/mol. The van der Waals surface area contributed by atoms with E-state index in [9.17, 15) is 4.79 Å². The summed E-state index contributed by atoms with van der Waals surface area (Å²) in [5.41, 5.74) is 4.46. The van der Waals surface area contributed by atoms with E-state index in [4.69, 9.17) is 0 Å². The molecule has 0 radical (unpaired) electrons. The Labute approximate surface area is 150 Å². The van der Waals surface area contributed by atoms with Crippen LogP contribution in [-0.2, 0) is 0 Å². The van der Waals surface area contributed by atoms with Gasteiger partial charge in [0.15, 0.2) is 0 Å². The van der Waals surface area contributed by atoms with E-state index >= 15 is 0 Å². The highest BCUT2D eigenvalue weighted by molar-refractivity contribution is 5.90. The summed E-state index contributed by atoms with van der Waals surface area (Å²) in [4.78, 5) is 17.0. The van der Waals surface area contributed by atoms with Crippen LogP contribution in [0.5, 0.6) is 0 Å². The number of nitrogens with one attached hydrogen (secondary N) is 1. The first-order valence-electron chi connectivity index (χ1n) is 9.04. The minimum atomic E-state index is -0.0120. The van der Waals surface area contributed by atoms with Crippen molar-refractivity contribution in [3.8, 4) is 0 Å². The van der Waals surface area contributed by atoms with E-state index in [1.807, 2.05) is 29.2 Å². The summed E-state index contributed by atoms with van der Waals surface area (Å²) in [6, 6.07) is 16.5. The largest absolute Gasteiger partial charge is 0.375 e. The molecule has 0 bridgehead atoms. The topological polar surface area (TPSA) is 35.6 Å². The summed E-state index contributed by atoms with van der Waals surface area (Å²) >= 11 is 0. The summed E-state index contributed by atoms with van der Waals surface area (Å²) in [5.74, 6) is 0.